The van der Waals surface area contributed by atoms with Gasteiger partial charge in [-0.1, -0.05) is 5.16 Å². The van der Waals surface area contributed by atoms with Crippen LogP contribution in [0.5, 0.6) is 0 Å². The lowest BCUT2D eigenvalue weighted by Gasteiger charge is -2.00. The number of carbonyl (C=O) groups is 1. The Hall–Kier alpha value is -2.74. The molecule has 2 N–H and O–H groups in total. The van der Waals surface area contributed by atoms with Crippen molar-refractivity contribution in [2.75, 3.05) is 0 Å². The maximum absolute atomic E-state index is 11.9. The van der Waals surface area contributed by atoms with Crippen molar-refractivity contribution in [3.05, 3.63) is 56.9 Å². The van der Waals surface area contributed by atoms with Crippen molar-refractivity contribution >= 4 is 17.2 Å². The summed E-state index contributed by atoms with van der Waals surface area (Å²) in [5, 5.41) is 10.1. The monoisotopic (exact) mass is 302 g/mol. The third-order valence-corrected chi connectivity index (χ3v) is 3.39. The number of pyridine rings is 1. The van der Waals surface area contributed by atoms with Crippen molar-refractivity contribution in [2.24, 2.45) is 0 Å². The van der Waals surface area contributed by atoms with E-state index in [9.17, 15) is 9.59 Å². The number of carbonyl (C=O) groups excluding carboxylic acids is 1. The number of nitrogens with one attached hydrogen (secondary N) is 2. The molecule has 0 saturated carbocycles. The van der Waals surface area contributed by atoms with Crippen molar-refractivity contribution < 1.29 is 9.32 Å². The SMILES string of the molecule is O=C(NCc1noc(-c2ccsc2)n1)c1ccc[nH]c1=O. The van der Waals surface area contributed by atoms with Gasteiger partial charge in [0.25, 0.3) is 17.4 Å². The van der Waals surface area contributed by atoms with Crippen molar-refractivity contribution in [2.45, 2.75) is 6.54 Å². The third-order valence-electron chi connectivity index (χ3n) is 2.71. The summed E-state index contributed by atoms with van der Waals surface area (Å²) < 4.78 is 5.10. The number of aromatic nitrogens is 3. The van der Waals surface area contributed by atoms with Gasteiger partial charge in [-0.25, -0.2) is 0 Å². The normalized spacial score (nSPS) is 10.5. The Labute approximate surface area is 122 Å². The summed E-state index contributed by atoms with van der Waals surface area (Å²) in [5.41, 5.74) is 0.436. The van der Waals surface area contributed by atoms with Gasteiger partial charge in [0.1, 0.15) is 5.56 Å². The molecule has 0 aliphatic rings. The fourth-order valence-corrected chi connectivity index (χ4v) is 2.31. The van der Waals surface area contributed by atoms with Crippen LogP contribution in [0.25, 0.3) is 11.5 Å². The van der Waals surface area contributed by atoms with E-state index in [0.717, 1.165) is 5.56 Å². The van der Waals surface area contributed by atoms with Crippen molar-refractivity contribution in [1.82, 2.24) is 20.4 Å². The second-order valence-electron chi connectivity index (χ2n) is 4.12. The Balaban J connectivity index is 1.67. The van der Waals surface area contributed by atoms with E-state index in [1.807, 2.05) is 16.8 Å². The van der Waals surface area contributed by atoms with E-state index >= 15 is 0 Å². The predicted molar refractivity (Wildman–Crippen MR) is 75.8 cm³/mol. The van der Waals surface area contributed by atoms with Crippen LogP contribution in [0.3, 0.4) is 0 Å². The number of hydrogen-bond donors (Lipinski definition) is 2. The first-order valence-electron chi connectivity index (χ1n) is 6.05. The van der Waals surface area contributed by atoms with Gasteiger partial charge in [-0.3, -0.25) is 9.59 Å². The Morgan fingerprint density at radius 1 is 1.43 bits per heavy atom. The first-order chi connectivity index (χ1) is 10.2. The van der Waals surface area contributed by atoms with Gasteiger partial charge >= 0.3 is 0 Å². The average Bonchev–Trinajstić information content (AvgIpc) is 3.16. The average molecular weight is 302 g/mol. The zero-order chi connectivity index (χ0) is 14.7. The van der Waals surface area contributed by atoms with Crippen molar-refractivity contribution in [3.8, 4) is 11.5 Å². The van der Waals surface area contributed by atoms with E-state index < -0.39 is 11.5 Å². The van der Waals surface area contributed by atoms with Crippen molar-refractivity contribution in [1.29, 1.82) is 0 Å². The smallest absolute Gasteiger partial charge is 0.260 e. The van der Waals surface area contributed by atoms with Gasteiger partial charge in [0.15, 0.2) is 5.82 Å². The number of rotatable bonds is 4. The number of H-pyrrole nitrogens is 1. The topological polar surface area (TPSA) is 101 Å². The van der Waals surface area contributed by atoms with E-state index in [0.29, 0.717) is 11.7 Å². The fourth-order valence-electron chi connectivity index (χ4n) is 1.68. The predicted octanol–water partition coefficient (Wildman–Crippen LogP) is 1.42. The van der Waals surface area contributed by atoms with Crippen LogP contribution in [0.1, 0.15) is 16.2 Å². The molecule has 0 unspecified atom stereocenters. The molecule has 0 saturated heterocycles. The molecule has 0 aromatic carbocycles. The van der Waals surface area contributed by atoms with Crippen LogP contribution in [0.2, 0.25) is 0 Å². The Bertz CT molecular complexity index is 807. The van der Waals surface area contributed by atoms with Gasteiger partial charge in [0, 0.05) is 11.6 Å². The molecular formula is C13H10N4O3S. The number of amides is 1. The molecule has 21 heavy (non-hydrogen) atoms. The van der Waals surface area contributed by atoms with E-state index in [2.05, 4.69) is 20.4 Å². The summed E-state index contributed by atoms with van der Waals surface area (Å²) in [7, 11) is 0. The second kappa shape index (κ2) is 5.71. The van der Waals surface area contributed by atoms with Crippen molar-refractivity contribution in [3.63, 3.8) is 0 Å². The minimum atomic E-state index is -0.487. The van der Waals surface area contributed by atoms with Crippen LogP contribution in [0.15, 0.2) is 44.5 Å². The maximum Gasteiger partial charge on any atom is 0.260 e. The highest BCUT2D eigenvalue weighted by Gasteiger charge is 2.12. The summed E-state index contributed by atoms with van der Waals surface area (Å²) in [5.74, 6) is 0.258. The first-order valence-corrected chi connectivity index (χ1v) is 6.99. The number of aromatic amines is 1. The van der Waals surface area contributed by atoms with Crippen LogP contribution >= 0.6 is 11.3 Å². The molecule has 0 aliphatic carbocycles. The summed E-state index contributed by atoms with van der Waals surface area (Å²) in [4.78, 5) is 29.9. The molecule has 7 nitrogen and oxygen atoms in total. The zero-order valence-corrected chi connectivity index (χ0v) is 11.5. The van der Waals surface area contributed by atoms with Gasteiger partial charge in [-0.05, 0) is 23.6 Å². The van der Waals surface area contributed by atoms with Crippen LogP contribution in [0, 0.1) is 0 Å². The highest BCUT2D eigenvalue weighted by atomic mass is 32.1. The van der Waals surface area contributed by atoms with Gasteiger partial charge < -0.3 is 14.8 Å². The third kappa shape index (κ3) is 2.90. The Morgan fingerprint density at radius 2 is 2.33 bits per heavy atom. The molecule has 3 aromatic heterocycles. The molecule has 0 fully saturated rings. The zero-order valence-electron chi connectivity index (χ0n) is 10.7. The van der Waals surface area contributed by atoms with E-state index in [1.165, 1.54) is 23.6 Å². The lowest BCUT2D eigenvalue weighted by molar-refractivity contribution is 0.0948. The minimum absolute atomic E-state index is 0.0408. The quantitative estimate of drug-likeness (QED) is 0.759. The summed E-state index contributed by atoms with van der Waals surface area (Å²) in [6.45, 7) is 0.0841. The van der Waals surface area contributed by atoms with Crippen LogP contribution in [-0.2, 0) is 6.54 Å². The molecule has 0 atom stereocenters. The van der Waals surface area contributed by atoms with Crippen LogP contribution in [0.4, 0.5) is 0 Å². The fraction of sp³-hybridized carbons (Fsp3) is 0.0769. The summed E-state index contributed by atoms with van der Waals surface area (Å²) >= 11 is 1.53. The highest BCUT2D eigenvalue weighted by Crippen LogP contribution is 2.19. The number of thiophene rings is 1. The van der Waals surface area contributed by atoms with Gasteiger partial charge in [0.2, 0.25) is 0 Å². The lowest BCUT2D eigenvalue weighted by atomic mass is 10.2. The minimum Gasteiger partial charge on any atom is -0.344 e. The number of hydrogen-bond acceptors (Lipinski definition) is 6. The molecular weight excluding hydrogens is 292 g/mol. The van der Waals surface area contributed by atoms with Crippen LogP contribution in [-0.4, -0.2) is 21.0 Å². The molecule has 3 aromatic rings. The molecule has 106 valence electrons. The second-order valence-corrected chi connectivity index (χ2v) is 4.90. The van der Waals surface area contributed by atoms with E-state index in [4.69, 9.17) is 4.52 Å². The molecule has 0 spiro atoms. The van der Waals surface area contributed by atoms with Gasteiger partial charge in [-0.2, -0.15) is 16.3 Å². The molecule has 3 rings (SSSR count). The van der Waals surface area contributed by atoms with Gasteiger partial charge in [0.05, 0.1) is 12.1 Å². The van der Waals surface area contributed by atoms with E-state index in [1.54, 1.807) is 6.07 Å². The molecule has 0 bridgehead atoms. The molecule has 0 aliphatic heterocycles. The van der Waals surface area contributed by atoms with Gasteiger partial charge in [-0.15, -0.1) is 0 Å². The summed E-state index contributed by atoms with van der Waals surface area (Å²) in [6.07, 6.45) is 1.46. The largest absolute Gasteiger partial charge is 0.344 e. The Kier molecular flexibility index (Phi) is 3.61. The summed E-state index contributed by atoms with van der Waals surface area (Å²) in [6, 6.07) is 4.89. The molecule has 8 heteroatoms. The van der Waals surface area contributed by atoms with E-state index in [-0.39, 0.29) is 12.1 Å². The molecule has 3 heterocycles. The molecule has 0 radical (unpaired) electrons. The standard InChI is InChI=1S/C13H10N4O3S/c18-11-9(2-1-4-14-11)12(19)15-6-10-16-13(20-17-10)8-3-5-21-7-8/h1-5,7H,6H2,(H,14,18)(H,15,19). The first kappa shape index (κ1) is 13.3. The number of nitrogens with zero attached hydrogens (tertiary/aromatic N) is 2. The lowest BCUT2D eigenvalue weighted by Crippen LogP contribution is -2.29. The molecule has 1 amide bonds. The Morgan fingerprint density at radius 3 is 3.10 bits per heavy atom. The maximum atomic E-state index is 11.9. The van der Waals surface area contributed by atoms with Crippen LogP contribution < -0.4 is 10.9 Å². The highest BCUT2D eigenvalue weighted by molar-refractivity contribution is 7.08.